The SMILES string of the molecule is CC1=C(C)C[C@](C)(C(=O)c2ccccc2)[S@@](=O)C1. The minimum Gasteiger partial charge on any atom is -0.293 e. The lowest BCUT2D eigenvalue weighted by molar-refractivity contribution is 0.0947. The van der Waals surface area contributed by atoms with Crippen molar-refractivity contribution in [2.24, 2.45) is 0 Å². The lowest BCUT2D eigenvalue weighted by Crippen LogP contribution is -2.44. The summed E-state index contributed by atoms with van der Waals surface area (Å²) in [5.41, 5.74) is 3.01. The highest BCUT2D eigenvalue weighted by Gasteiger charge is 2.42. The van der Waals surface area contributed by atoms with E-state index in [4.69, 9.17) is 0 Å². The normalized spacial score (nSPS) is 28.3. The average molecular weight is 262 g/mol. The summed E-state index contributed by atoms with van der Waals surface area (Å²) in [6.07, 6.45) is 0.596. The summed E-state index contributed by atoms with van der Waals surface area (Å²) in [6.45, 7) is 5.86. The van der Waals surface area contributed by atoms with E-state index in [-0.39, 0.29) is 5.78 Å². The third-order valence-electron chi connectivity index (χ3n) is 3.70. The Morgan fingerprint density at radius 1 is 1.17 bits per heavy atom. The molecule has 1 aliphatic rings. The summed E-state index contributed by atoms with van der Waals surface area (Å²) in [5.74, 6) is 0.509. The number of carbonyl (C=O) groups is 1. The van der Waals surface area contributed by atoms with Crippen molar-refractivity contribution in [3.63, 3.8) is 0 Å². The molecule has 0 N–H and O–H groups in total. The van der Waals surface area contributed by atoms with Crippen molar-refractivity contribution >= 4 is 16.6 Å². The van der Waals surface area contributed by atoms with Crippen LogP contribution in [0.2, 0.25) is 0 Å². The van der Waals surface area contributed by atoms with Crippen LogP contribution in [0.5, 0.6) is 0 Å². The zero-order valence-electron chi connectivity index (χ0n) is 11.0. The molecule has 2 rings (SSSR count). The van der Waals surface area contributed by atoms with Gasteiger partial charge in [0.25, 0.3) is 0 Å². The van der Waals surface area contributed by atoms with Gasteiger partial charge in [-0.05, 0) is 27.2 Å². The van der Waals surface area contributed by atoms with E-state index in [9.17, 15) is 9.00 Å². The molecule has 0 radical (unpaired) electrons. The highest BCUT2D eigenvalue weighted by atomic mass is 32.2. The van der Waals surface area contributed by atoms with Crippen LogP contribution >= 0.6 is 0 Å². The fourth-order valence-electron chi connectivity index (χ4n) is 2.30. The van der Waals surface area contributed by atoms with Crippen LogP contribution in [0.4, 0.5) is 0 Å². The van der Waals surface area contributed by atoms with Gasteiger partial charge in [-0.2, -0.15) is 0 Å². The first-order valence-corrected chi connectivity index (χ1v) is 7.40. The maximum Gasteiger partial charge on any atom is 0.181 e. The number of benzene rings is 1. The Balaban J connectivity index is 2.38. The van der Waals surface area contributed by atoms with Gasteiger partial charge in [-0.25, -0.2) is 0 Å². The van der Waals surface area contributed by atoms with E-state index in [1.54, 1.807) is 12.1 Å². The molecule has 1 aromatic carbocycles. The van der Waals surface area contributed by atoms with Gasteiger partial charge in [0.05, 0.1) is 0 Å². The van der Waals surface area contributed by atoms with Gasteiger partial charge in [0.15, 0.2) is 5.78 Å². The second kappa shape index (κ2) is 4.81. The zero-order chi connectivity index (χ0) is 13.3. The van der Waals surface area contributed by atoms with Gasteiger partial charge < -0.3 is 0 Å². The lowest BCUT2D eigenvalue weighted by atomic mass is 9.90. The Morgan fingerprint density at radius 3 is 2.39 bits per heavy atom. The first-order chi connectivity index (χ1) is 8.45. The lowest BCUT2D eigenvalue weighted by Gasteiger charge is -2.32. The summed E-state index contributed by atoms with van der Waals surface area (Å²) in [4.78, 5) is 12.6. The molecule has 0 saturated carbocycles. The van der Waals surface area contributed by atoms with E-state index in [1.165, 1.54) is 5.57 Å². The van der Waals surface area contributed by atoms with Crippen molar-refractivity contribution in [1.82, 2.24) is 0 Å². The summed E-state index contributed by atoms with van der Waals surface area (Å²) >= 11 is 0. The van der Waals surface area contributed by atoms with Gasteiger partial charge in [-0.15, -0.1) is 0 Å². The predicted molar refractivity (Wildman–Crippen MR) is 75.2 cm³/mol. The van der Waals surface area contributed by atoms with Gasteiger partial charge in [0.1, 0.15) is 4.75 Å². The Bertz CT molecular complexity index is 531. The number of allylic oxidation sites excluding steroid dienone is 1. The number of ketones is 1. The number of carbonyl (C=O) groups excluding carboxylic acids is 1. The van der Waals surface area contributed by atoms with Gasteiger partial charge in [-0.3, -0.25) is 9.00 Å². The summed E-state index contributed by atoms with van der Waals surface area (Å²) in [5, 5.41) is 0. The largest absolute Gasteiger partial charge is 0.293 e. The van der Waals surface area contributed by atoms with Crippen LogP contribution in [0.1, 0.15) is 37.6 Å². The smallest absolute Gasteiger partial charge is 0.181 e. The molecule has 0 bridgehead atoms. The van der Waals surface area contributed by atoms with E-state index < -0.39 is 15.5 Å². The fourth-order valence-corrected chi connectivity index (χ4v) is 3.96. The van der Waals surface area contributed by atoms with E-state index in [0.29, 0.717) is 17.7 Å². The molecular weight excluding hydrogens is 244 g/mol. The molecular formula is C15H18O2S. The highest BCUT2D eigenvalue weighted by molar-refractivity contribution is 7.87. The third-order valence-corrected chi connectivity index (χ3v) is 5.73. The molecule has 1 aliphatic heterocycles. The van der Waals surface area contributed by atoms with Gasteiger partial charge in [0, 0.05) is 22.1 Å². The van der Waals surface area contributed by atoms with Gasteiger partial charge >= 0.3 is 0 Å². The maximum atomic E-state index is 12.6. The first kappa shape index (κ1) is 13.2. The van der Waals surface area contributed by atoms with Crippen LogP contribution in [0.25, 0.3) is 0 Å². The quantitative estimate of drug-likeness (QED) is 0.606. The minimum atomic E-state index is -1.13. The molecule has 0 aliphatic carbocycles. The second-order valence-corrected chi connectivity index (χ2v) is 7.03. The minimum absolute atomic E-state index is 0.00622. The van der Waals surface area contributed by atoms with E-state index in [0.717, 1.165) is 5.57 Å². The molecule has 96 valence electrons. The number of rotatable bonds is 2. The second-order valence-electron chi connectivity index (χ2n) is 5.15. The van der Waals surface area contributed by atoms with E-state index in [1.807, 2.05) is 39.0 Å². The van der Waals surface area contributed by atoms with Crippen molar-refractivity contribution in [3.05, 3.63) is 47.0 Å². The number of hydrogen-bond acceptors (Lipinski definition) is 2. The van der Waals surface area contributed by atoms with Gasteiger partial charge in [0.2, 0.25) is 0 Å². The Hall–Kier alpha value is -1.22. The highest BCUT2D eigenvalue weighted by Crippen LogP contribution is 2.34. The van der Waals surface area contributed by atoms with Crippen LogP contribution in [0.3, 0.4) is 0 Å². The predicted octanol–water partition coefficient (Wildman–Crippen LogP) is 3.12. The monoisotopic (exact) mass is 262 g/mol. The molecule has 3 heteroatoms. The van der Waals surface area contributed by atoms with E-state index >= 15 is 0 Å². The van der Waals surface area contributed by atoms with Crippen molar-refractivity contribution in [3.8, 4) is 0 Å². The Morgan fingerprint density at radius 2 is 1.78 bits per heavy atom. The zero-order valence-corrected chi connectivity index (χ0v) is 11.8. The number of hydrogen-bond donors (Lipinski definition) is 0. The van der Waals surface area contributed by atoms with Crippen molar-refractivity contribution in [2.45, 2.75) is 31.9 Å². The van der Waals surface area contributed by atoms with Crippen LogP contribution in [0.15, 0.2) is 41.5 Å². The van der Waals surface area contributed by atoms with Crippen molar-refractivity contribution in [1.29, 1.82) is 0 Å². The fraction of sp³-hybridized carbons (Fsp3) is 0.400. The molecule has 1 aromatic rings. The van der Waals surface area contributed by atoms with Crippen LogP contribution in [-0.2, 0) is 10.8 Å². The van der Waals surface area contributed by atoms with Gasteiger partial charge in [-0.1, -0.05) is 41.5 Å². The first-order valence-electron chi connectivity index (χ1n) is 6.08. The third kappa shape index (κ3) is 2.19. The number of Topliss-reactive ketones (excluding diaryl/α,β-unsaturated/α-hetero) is 1. The molecule has 18 heavy (non-hydrogen) atoms. The molecule has 0 saturated heterocycles. The molecule has 0 spiro atoms. The summed E-state index contributed by atoms with van der Waals surface area (Å²) in [6, 6.07) is 9.16. The molecule has 1 heterocycles. The Kier molecular flexibility index (Phi) is 3.53. The summed E-state index contributed by atoms with van der Waals surface area (Å²) in [7, 11) is -1.13. The van der Waals surface area contributed by atoms with Crippen LogP contribution < -0.4 is 0 Å². The molecule has 2 nitrogen and oxygen atoms in total. The van der Waals surface area contributed by atoms with Crippen molar-refractivity contribution < 1.29 is 9.00 Å². The molecule has 0 amide bonds. The average Bonchev–Trinajstić information content (AvgIpc) is 2.37. The maximum absolute atomic E-state index is 12.6. The summed E-state index contributed by atoms with van der Waals surface area (Å²) < 4.78 is 11.6. The van der Waals surface area contributed by atoms with Crippen LogP contribution in [-0.4, -0.2) is 20.5 Å². The van der Waals surface area contributed by atoms with Crippen LogP contribution in [0, 0.1) is 0 Å². The molecule has 0 fully saturated rings. The molecule has 0 aromatic heterocycles. The topological polar surface area (TPSA) is 34.1 Å². The standard InChI is InChI=1S/C15H18O2S/c1-11-9-15(3,18(17)10-12(11)2)14(16)13-7-5-4-6-8-13/h4-8H,9-10H2,1-3H3/t15-,18+/m1/s1. The molecule has 2 atom stereocenters. The Labute approximate surface area is 111 Å². The molecule has 0 unspecified atom stereocenters. The van der Waals surface area contributed by atoms with Crippen molar-refractivity contribution in [2.75, 3.05) is 5.75 Å². The van der Waals surface area contributed by atoms with E-state index in [2.05, 4.69) is 0 Å².